The third kappa shape index (κ3) is 3.60. The minimum absolute atomic E-state index is 0.0648. The van der Waals surface area contributed by atoms with Crippen molar-refractivity contribution in [2.24, 2.45) is 5.92 Å². The number of rotatable bonds is 4. The number of aliphatic carboxylic acids is 1. The Bertz CT molecular complexity index is 809. The van der Waals surface area contributed by atoms with Gasteiger partial charge in [0.2, 0.25) is 0 Å². The van der Waals surface area contributed by atoms with E-state index >= 15 is 0 Å². The molecule has 1 fully saturated rings. The third-order valence-electron chi connectivity index (χ3n) is 4.74. The molecule has 5 nitrogen and oxygen atoms in total. The van der Waals surface area contributed by atoms with Gasteiger partial charge < -0.3 is 10.1 Å². The van der Waals surface area contributed by atoms with Gasteiger partial charge in [-0.3, -0.25) is 14.5 Å². The van der Waals surface area contributed by atoms with Gasteiger partial charge in [-0.2, -0.15) is 0 Å². The van der Waals surface area contributed by atoms with Crippen LogP contribution >= 0.6 is 11.3 Å². The molecule has 1 saturated heterocycles. The summed E-state index contributed by atoms with van der Waals surface area (Å²) in [5.41, 5.74) is 4.29. The minimum Gasteiger partial charge on any atom is -0.481 e. The van der Waals surface area contributed by atoms with Crippen LogP contribution in [0.2, 0.25) is 0 Å². The summed E-state index contributed by atoms with van der Waals surface area (Å²) >= 11 is 1.22. The predicted molar refractivity (Wildman–Crippen MR) is 95.5 cm³/mol. The average Bonchev–Trinajstić information content (AvgIpc) is 2.90. The Morgan fingerprint density at radius 3 is 2.88 bits per heavy atom. The molecule has 2 N–H and O–H groups in total. The molecule has 1 unspecified atom stereocenters. The lowest BCUT2D eigenvalue weighted by atomic mass is 9.98. The van der Waals surface area contributed by atoms with Crippen LogP contribution in [0.5, 0.6) is 0 Å². The fraction of sp³-hybridized carbons (Fsp3) is 0.444. The molecule has 3 rings (SSSR count). The SMILES string of the molecule is Cc1ccc(-c2[nH]c(=O)sc2CN2CCCC(C(=O)O)C2)cc1C. The zero-order valence-corrected chi connectivity index (χ0v) is 14.8. The highest BCUT2D eigenvalue weighted by Gasteiger charge is 2.26. The summed E-state index contributed by atoms with van der Waals surface area (Å²) in [6.07, 6.45) is 1.62. The van der Waals surface area contributed by atoms with Gasteiger partial charge in [-0.25, -0.2) is 0 Å². The monoisotopic (exact) mass is 346 g/mol. The zero-order valence-electron chi connectivity index (χ0n) is 14.0. The Hall–Kier alpha value is -1.92. The Morgan fingerprint density at radius 2 is 2.17 bits per heavy atom. The molecule has 0 aliphatic carbocycles. The van der Waals surface area contributed by atoms with E-state index in [2.05, 4.69) is 35.9 Å². The number of nitrogens with one attached hydrogen (secondary N) is 1. The topological polar surface area (TPSA) is 73.4 Å². The Balaban J connectivity index is 1.85. The summed E-state index contributed by atoms with van der Waals surface area (Å²) in [5, 5.41) is 9.24. The quantitative estimate of drug-likeness (QED) is 0.892. The molecule has 1 aliphatic rings. The number of likely N-dealkylation sites (tertiary alicyclic amines) is 1. The maximum Gasteiger partial charge on any atom is 0.307 e. The van der Waals surface area contributed by atoms with Gasteiger partial charge in [0.05, 0.1) is 11.6 Å². The summed E-state index contributed by atoms with van der Waals surface area (Å²) in [4.78, 5) is 29.1. The van der Waals surface area contributed by atoms with Crippen LogP contribution in [0.1, 0.15) is 28.8 Å². The van der Waals surface area contributed by atoms with Gasteiger partial charge in [0, 0.05) is 18.0 Å². The predicted octanol–water partition coefficient (Wildman–Crippen LogP) is 3.02. The Morgan fingerprint density at radius 1 is 1.38 bits per heavy atom. The maximum absolute atomic E-state index is 11.9. The van der Waals surface area contributed by atoms with Crippen molar-refractivity contribution in [2.45, 2.75) is 33.2 Å². The Labute approximate surface area is 145 Å². The van der Waals surface area contributed by atoms with Gasteiger partial charge in [-0.05, 0) is 56.0 Å². The standard InChI is InChI=1S/C18H22N2O3S/c1-11-5-6-13(8-12(11)2)16-15(24-18(23)19-16)10-20-7-3-4-14(9-20)17(21)22/h5-6,8,14H,3-4,7,9-10H2,1-2H3,(H,19,23)(H,21,22). The number of carboxylic acids is 1. The number of H-pyrrole nitrogens is 1. The average molecular weight is 346 g/mol. The van der Waals surface area contributed by atoms with E-state index in [0.29, 0.717) is 13.1 Å². The number of thiazole rings is 1. The first-order valence-electron chi connectivity index (χ1n) is 8.19. The number of aryl methyl sites for hydroxylation is 2. The fourth-order valence-electron chi connectivity index (χ4n) is 3.21. The van der Waals surface area contributed by atoms with Gasteiger partial charge in [0.25, 0.3) is 0 Å². The smallest absolute Gasteiger partial charge is 0.307 e. The molecule has 0 saturated carbocycles. The number of carboxylic acid groups (broad SMARTS) is 1. The van der Waals surface area contributed by atoms with Gasteiger partial charge >= 0.3 is 10.8 Å². The van der Waals surface area contributed by atoms with Gasteiger partial charge in [-0.1, -0.05) is 23.5 Å². The first kappa shape index (κ1) is 16.9. The molecule has 2 aromatic rings. The van der Waals surface area contributed by atoms with Crippen LogP contribution in [0.15, 0.2) is 23.0 Å². The van der Waals surface area contributed by atoms with Crippen molar-refractivity contribution in [3.63, 3.8) is 0 Å². The maximum atomic E-state index is 11.9. The lowest BCUT2D eigenvalue weighted by molar-refractivity contribution is -0.143. The van der Waals surface area contributed by atoms with E-state index in [-0.39, 0.29) is 10.8 Å². The number of carbonyl (C=O) groups is 1. The van der Waals surface area contributed by atoms with E-state index in [1.54, 1.807) is 0 Å². The Kier molecular flexibility index (Phi) is 4.87. The molecule has 6 heteroatoms. The second kappa shape index (κ2) is 6.91. The fourth-order valence-corrected chi connectivity index (χ4v) is 4.10. The molecule has 1 aromatic heterocycles. The number of aromatic nitrogens is 1. The summed E-state index contributed by atoms with van der Waals surface area (Å²) in [7, 11) is 0. The van der Waals surface area contributed by atoms with Crippen LogP contribution in [-0.4, -0.2) is 34.0 Å². The molecule has 24 heavy (non-hydrogen) atoms. The molecular formula is C18H22N2O3S. The van der Waals surface area contributed by atoms with Crippen molar-refractivity contribution >= 4 is 17.3 Å². The first-order chi connectivity index (χ1) is 11.4. The van der Waals surface area contributed by atoms with E-state index in [1.165, 1.54) is 22.5 Å². The lowest BCUT2D eigenvalue weighted by Crippen LogP contribution is -2.38. The van der Waals surface area contributed by atoms with Crippen LogP contribution in [0.3, 0.4) is 0 Å². The van der Waals surface area contributed by atoms with Crippen molar-refractivity contribution in [3.8, 4) is 11.3 Å². The number of nitrogens with zero attached hydrogens (tertiary/aromatic N) is 1. The lowest BCUT2D eigenvalue weighted by Gasteiger charge is -2.30. The van der Waals surface area contributed by atoms with Gasteiger partial charge in [0.15, 0.2) is 0 Å². The van der Waals surface area contributed by atoms with E-state index < -0.39 is 5.97 Å². The van der Waals surface area contributed by atoms with Gasteiger partial charge in [-0.15, -0.1) is 0 Å². The number of hydrogen-bond acceptors (Lipinski definition) is 4. The molecule has 0 amide bonds. The molecule has 0 bridgehead atoms. The van der Waals surface area contributed by atoms with E-state index in [1.807, 2.05) is 6.07 Å². The van der Waals surface area contributed by atoms with E-state index in [4.69, 9.17) is 0 Å². The molecule has 0 spiro atoms. The van der Waals surface area contributed by atoms with Crippen LogP contribution < -0.4 is 4.87 Å². The summed E-state index contributed by atoms with van der Waals surface area (Å²) in [5.74, 6) is -1.03. The molecule has 1 aliphatic heterocycles. The summed E-state index contributed by atoms with van der Waals surface area (Å²) in [6.45, 7) is 6.17. The summed E-state index contributed by atoms with van der Waals surface area (Å²) < 4.78 is 0. The molecular weight excluding hydrogens is 324 g/mol. The van der Waals surface area contributed by atoms with Crippen molar-refractivity contribution in [1.82, 2.24) is 9.88 Å². The van der Waals surface area contributed by atoms with E-state index in [0.717, 1.165) is 35.5 Å². The molecule has 1 aromatic carbocycles. The normalized spacial score (nSPS) is 18.7. The van der Waals surface area contributed by atoms with E-state index in [9.17, 15) is 14.7 Å². The highest BCUT2D eigenvalue weighted by Crippen LogP contribution is 2.28. The van der Waals surface area contributed by atoms with Crippen LogP contribution in [0, 0.1) is 19.8 Å². The van der Waals surface area contributed by atoms with Crippen molar-refractivity contribution in [3.05, 3.63) is 43.9 Å². The second-order valence-electron chi connectivity index (χ2n) is 6.52. The molecule has 1 atom stereocenters. The highest BCUT2D eigenvalue weighted by atomic mass is 32.1. The number of aromatic amines is 1. The zero-order chi connectivity index (χ0) is 17.3. The minimum atomic E-state index is -0.726. The number of piperidine rings is 1. The largest absolute Gasteiger partial charge is 0.481 e. The van der Waals surface area contributed by atoms with Crippen molar-refractivity contribution in [2.75, 3.05) is 13.1 Å². The first-order valence-corrected chi connectivity index (χ1v) is 9.00. The second-order valence-corrected chi connectivity index (χ2v) is 7.59. The molecule has 2 heterocycles. The summed E-state index contributed by atoms with van der Waals surface area (Å²) in [6, 6.07) is 6.18. The van der Waals surface area contributed by atoms with Crippen LogP contribution in [-0.2, 0) is 11.3 Å². The van der Waals surface area contributed by atoms with Crippen molar-refractivity contribution < 1.29 is 9.90 Å². The molecule has 128 valence electrons. The van der Waals surface area contributed by atoms with Crippen LogP contribution in [0.25, 0.3) is 11.3 Å². The number of hydrogen-bond donors (Lipinski definition) is 2. The molecule has 0 radical (unpaired) electrons. The van der Waals surface area contributed by atoms with Crippen molar-refractivity contribution in [1.29, 1.82) is 0 Å². The number of benzene rings is 1. The third-order valence-corrected chi connectivity index (χ3v) is 5.61. The van der Waals surface area contributed by atoms with Gasteiger partial charge in [0.1, 0.15) is 0 Å². The highest BCUT2D eigenvalue weighted by molar-refractivity contribution is 7.09. The van der Waals surface area contributed by atoms with Crippen LogP contribution in [0.4, 0.5) is 0 Å².